The van der Waals surface area contributed by atoms with Gasteiger partial charge in [0.1, 0.15) is 0 Å². The van der Waals surface area contributed by atoms with Crippen molar-refractivity contribution in [2.45, 2.75) is 64.6 Å². The summed E-state index contributed by atoms with van der Waals surface area (Å²) in [7, 11) is 0. The van der Waals surface area contributed by atoms with Gasteiger partial charge in [0.25, 0.3) is 0 Å². The molecule has 1 N–H and O–H groups in total. The molecule has 1 aliphatic carbocycles. The van der Waals surface area contributed by atoms with Gasteiger partial charge in [0.15, 0.2) is 0 Å². The van der Waals surface area contributed by atoms with Gasteiger partial charge >= 0.3 is 0 Å². The molecule has 0 amide bonds. The van der Waals surface area contributed by atoms with Crippen LogP contribution in [0, 0.1) is 0 Å². The van der Waals surface area contributed by atoms with E-state index in [1.165, 1.54) is 25.7 Å². The molecule has 2 nitrogen and oxygen atoms in total. The van der Waals surface area contributed by atoms with E-state index in [1.54, 1.807) is 0 Å². The Labute approximate surface area is 101 Å². The highest BCUT2D eigenvalue weighted by atomic mass is 15.2. The number of hydrogen-bond acceptors (Lipinski definition) is 2. The summed E-state index contributed by atoms with van der Waals surface area (Å²) >= 11 is 0. The van der Waals surface area contributed by atoms with Gasteiger partial charge in [0, 0.05) is 31.2 Å². The van der Waals surface area contributed by atoms with E-state index in [4.69, 9.17) is 0 Å². The summed E-state index contributed by atoms with van der Waals surface area (Å²) in [6.07, 6.45) is 7.33. The van der Waals surface area contributed by atoms with Crippen LogP contribution in [0.2, 0.25) is 0 Å². The summed E-state index contributed by atoms with van der Waals surface area (Å²) in [5.41, 5.74) is 0. The minimum absolute atomic E-state index is 0.607. The monoisotopic (exact) mass is 224 g/mol. The smallest absolute Gasteiger partial charge is 0.0226 e. The zero-order valence-electron chi connectivity index (χ0n) is 11.2. The van der Waals surface area contributed by atoms with E-state index in [0.717, 1.165) is 19.1 Å². The highest BCUT2D eigenvalue weighted by Crippen LogP contribution is 2.19. The van der Waals surface area contributed by atoms with E-state index in [9.17, 15) is 0 Å². The summed E-state index contributed by atoms with van der Waals surface area (Å²) in [5.74, 6) is 0. The van der Waals surface area contributed by atoms with E-state index in [-0.39, 0.29) is 0 Å². The van der Waals surface area contributed by atoms with Crippen LogP contribution in [0.3, 0.4) is 0 Å². The standard InChI is InChI=1S/C14H28N2/c1-5-7-14(11-15-13-8-9-13)16(10-6-2)12(3)4/h6,12-15H,2,5,7-11H2,1,3-4H3. The quantitative estimate of drug-likeness (QED) is 0.606. The molecule has 0 bridgehead atoms. The van der Waals surface area contributed by atoms with Crippen LogP contribution in [0.5, 0.6) is 0 Å². The minimum Gasteiger partial charge on any atom is -0.312 e. The Morgan fingerprint density at radius 3 is 2.56 bits per heavy atom. The van der Waals surface area contributed by atoms with Gasteiger partial charge in [-0.3, -0.25) is 4.90 Å². The zero-order valence-corrected chi connectivity index (χ0v) is 11.2. The summed E-state index contributed by atoms with van der Waals surface area (Å²) in [6.45, 7) is 12.9. The molecular formula is C14H28N2. The Balaban J connectivity index is 2.44. The molecule has 1 rings (SSSR count). The van der Waals surface area contributed by atoms with Crippen molar-refractivity contribution in [3.63, 3.8) is 0 Å². The number of nitrogens with zero attached hydrogens (tertiary/aromatic N) is 1. The largest absolute Gasteiger partial charge is 0.312 e. The van der Waals surface area contributed by atoms with Gasteiger partial charge in [-0.25, -0.2) is 0 Å². The van der Waals surface area contributed by atoms with Gasteiger partial charge in [-0.2, -0.15) is 0 Å². The second-order valence-electron chi connectivity index (χ2n) is 5.20. The van der Waals surface area contributed by atoms with Crippen molar-refractivity contribution < 1.29 is 0 Å². The number of rotatable bonds is 9. The molecule has 0 aromatic carbocycles. The summed E-state index contributed by atoms with van der Waals surface area (Å²) in [6, 6.07) is 2.09. The summed E-state index contributed by atoms with van der Waals surface area (Å²) in [4.78, 5) is 2.56. The van der Waals surface area contributed by atoms with Crippen LogP contribution >= 0.6 is 0 Å². The first-order valence-corrected chi connectivity index (χ1v) is 6.79. The van der Waals surface area contributed by atoms with Gasteiger partial charge in [-0.05, 0) is 33.1 Å². The van der Waals surface area contributed by atoms with Crippen molar-refractivity contribution in [1.29, 1.82) is 0 Å². The first-order valence-electron chi connectivity index (χ1n) is 6.79. The Bertz CT molecular complexity index is 197. The van der Waals surface area contributed by atoms with Gasteiger partial charge in [0.05, 0.1) is 0 Å². The lowest BCUT2D eigenvalue weighted by Gasteiger charge is -2.34. The highest BCUT2D eigenvalue weighted by Gasteiger charge is 2.24. The highest BCUT2D eigenvalue weighted by molar-refractivity contribution is 4.87. The summed E-state index contributed by atoms with van der Waals surface area (Å²) in [5, 5.41) is 3.66. The average molecular weight is 224 g/mol. The lowest BCUT2D eigenvalue weighted by Crippen LogP contribution is -2.46. The van der Waals surface area contributed by atoms with Crippen molar-refractivity contribution >= 4 is 0 Å². The molecule has 1 aliphatic rings. The number of nitrogens with one attached hydrogen (secondary N) is 1. The van der Waals surface area contributed by atoms with Crippen LogP contribution < -0.4 is 5.32 Å². The molecule has 1 saturated carbocycles. The molecule has 0 heterocycles. The van der Waals surface area contributed by atoms with E-state index in [1.807, 2.05) is 6.08 Å². The molecule has 0 spiro atoms. The molecule has 0 aromatic rings. The molecule has 0 aromatic heterocycles. The predicted octanol–water partition coefficient (Wildman–Crippen LogP) is 2.80. The van der Waals surface area contributed by atoms with Crippen molar-refractivity contribution in [1.82, 2.24) is 10.2 Å². The molecule has 16 heavy (non-hydrogen) atoms. The second-order valence-corrected chi connectivity index (χ2v) is 5.20. The Hall–Kier alpha value is -0.340. The predicted molar refractivity (Wildman–Crippen MR) is 71.8 cm³/mol. The van der Waals surface area contributed by atoms with Crippen LogP contribution in [0.15, 0.2) is 12.7 Å². The maximum absolute atomic E-state index is 3.87. The minimum atomic E-state index is 0.607. The van der Waals surface area contributed by atoms with Crippen LogP contribution in [0.4, 0.5) is 0 Å². The first kappa shape index (κ1) is 13.7. The van der Waals surface area contributed by atoms with Crippen molar-refractivity contribution in [2.24, 2.45) is 0 Å². The van der Waals surface area contributed by atoms with E-state index in [2.05, 4.69) is 37.6 Å². The van der Waals surface area contributed by atoms with Gasteiger partial charge < -0.3 is 5.32 Å². The number of hydrogen-bond donors (Lipinski definition) is 1. The fraction of sp³-hybridized carbons (Fsp3) is 0.857. The Morgan fingerprint density at radius 1 is 1.44 bits per heavy atom. The lowest BCUT2D eigenvalue weighted by molar-refractivity contribution is 0.158. The third kappa shape index (κ3) is 4.67. The Kier molecular flexibility index (Phi) is 6.07. The van der Waals surface area contributed by atoms with Gasteiger partial charge in [-0.15, -0.1) is 6.58 Å². The third-order valence-corrected chi connectivity index (χ3v) is 3.31. The van der Waals surface area contributed by atoms with Gasteiger partial charge in [0.2, 0.25) is 0 Å². The van der Waals surface area contributed by atoms with Crippen LogP contribution in [0.25, 0.3) is 0 Å². The van der Waals surface area contributed by atoms with Crippen molar-refractivity contribution in [3.8, 4) is 0 Å². The fourth-order valence-corrected chi connectivity index (χ4v) is 2.24. The molecule has 94 valence electrons. The molecule has 0 radical (unpaired) electrons. The molecule has 1 atom stereocenters. The Morgan fingerprint density at radius 2 is 2.12 bits per heavy atom. The maximum Gasteiger partial charge on any atom is 0.0226 e. The summed E-state index contributed by atoms with van der Waals surface area (Å²) < 4.78 is 0. The SMILES string of the molecule is C=CCN(C(C)C)C(CCC)CNC1CC1. The van der Waals surface area contributed by atoms with Crippen LogP contribution in [-0.2, 0) is 0 Å². The normalized spacial score (nSPS) is 18.1. The van der Waals surface area contributed by atoms with E-state index in [0.29, 0.717) is 12.1 Å². The lowest BCUT2D eigenvalue weighted by atomic mass is 10.1. The molecule has 0 aliphatic heterocycles. The van der Waals surface area contributed by atoms with E-state index < -0.39 is 0 Å². The molecule has 2 heteroatoms. The third-order valence-electron chi connectivity index (χ3n) is 3.31. The molecule has 0 saturated heterocycles. The van der Waals surface area contributed by atoms with Gasteiger partial charge in [-0.1, -0.05) is 19.4 Å². The topological polar surface area (TPSA) is 15.3 Å². The second kappa shape index (κ2) is 7.08. The zero-order chi connectivity index (χ0) is 12.0. The average Bonchev–Trinajstić information content (AvgIpc) is 3.04. The molecular weight excluding hydrogens is 196 g/mol. The fourth-order valence-electron chi connectivity index (χ4n) is 2.24. The maximum atomic E-state index is 3.87. The van der Waals surface area contributed by atoms with Crippen LogP contribution in [0.1, 0.15) is 46.5 Å². The van der Waals surface area contributed by atoms with Crippen LogP contribution in [-0.4, -0.2) is 36.1 Å². The van der Waals surface area contributed by atoms with Crippen molar-refractivity contribution in [2.75, 3.05) is 13.1 Å². The van der Waals surface area contributed by atoms with E-state index >= 15 is 0 Å². The van der Waals surface area contributed by atoms with Crippen molar-refractivity contribution in [3.05, 3.63) is 12.7 Å². The first-order chi connectivity index (χ1) is 7.69. The molecule has 1 fully saturated rings. The molecule has 1 unspecified atom stereocenters.